The molecule has 1 atom stereocenters. The lowest BCUT2D eigenvalue weighted by atomic mass is 9.92. The van der Waals surface area contributed by atoms with Crippen LogP contribution in [-0.4, -0.2) is 19.0 Å². The first kappa shape index (κ1) is 18.0. The molecule has 0 bridgehead atoms. The molecule has 0 aromatic heterocycles. The molecule has 1 amide bonds. The number of hydrogen-bond acceptors (Lipinski definition) is 2. The summed E-state index contributed by atoms with van der Waals surface area (Å²) in [6.07, 6.45) is 0. The number of amides is 1. The van der Waals surface area contributed by atoms with Crippen molar-refractivity contribution < 1.29 is 4.79 Å². The van der Waals surface area contributed by atoms with Crippen LogP contribution in [0, 0.1) is 11.8 Å². The summed E-state index contributed by atoms with van der Waals surface area (Å²) >= 11 is 0. The molecule has 21 heavy (non-hydrogen) atoms. The van der Waals surface area contributed by atoms with E-state index in [2.05, 4.69) is 62.6 Å². The summed E-state index contributed by atoms with van der Waals surface area (Å²) in [4.78, 5) is 12.1. The van der Waals surface area contributed by atoms with Crippen LogP contribution in [0.1, 0.15) is 50.8 Å². The number of halogens is 1. The second kappa shape index (κ2) is 7.81. The molecule has 2 N–H and O–H groups in total. The minimum absolute atomic E-state index is 0. The van der Waals surface area contributed by atoms with Gasteiger partial charge in [0.2, 0.25) is 5.91 Å². The molecule has 3 nitrogen and oxygen atoms in total. The van der Waals surface area contributed by atoms with Gasteiger partial charge in [-0.1, -0.05) is 52.0 Å². The molecule has 1 saturated heterocycles. The highest BCUT2D eigenvalue weighted by molar-refractivity contribution is 5.85. The lowest BCUT2D eigenvalue weighted by molar-refractivity contribution is -0.127. The highest BCUT2D eigenvalue weighted by atomic mass is 35.5. The third-order valence-electron chi connectivity index (χ3n) is 4.08. The van der Waals surface area contributed by atoms with Crippen LogP contribution in [0.25, 0.3) is 0 Å². The number of carbonyl (C=O) groups excluding carboxylic acids is 1. The van der Waals surface area contributed by atoms with Crippen molar-refractivity contribution in [1.29, 1.82) is 0 Å². The molecule has 4 heteroatoms. The van der Waals surface area contributed by atoms with Crippen molar-refractivity contribution in [2.45, 2.75) is 39.7 Å². The van der Waals surface area contributed by atoms with Gasteiger partial charge in [0.1, 0.15) is 0 Å². The summed E-state index contributed by atoms with van der Waals surface area (Å²) in [5, 5.41) is 6.35. The van der Waals surface area contributed by atoms with Gasteiger partial charge in [-0.25, -0.2) is 0 Å². The SMILES string of the molecule is CC(C)c1ccc(C(NC(=O)C2CNC2)C(C)C)cc1.Cl. The highest BCUT2D eigenvalue weighted by Gasteiger charge is 2.28. The maximum Gasteiger partial charge on any atom is 0.226 e. The average molecular weight is 311 g/mol. The largest absolute Gasteiger partial charge is 0.349 e. The summed E-state index contributed by atoms with van der Waals surface area (Å²) in [5.41, 5.74) is 2.54. The molecule has 0 spiro atoms. The molecule has 0 aliphatic carbocycles. The highest BCUT2D eigenvalue weighted by Crippen LogP contribution is 2.24. The van der Waals surface area contributed by atoms with Crippen molar-refractivity contribution in [1.82, 2.24) is 10.6 Å². The van der Waals surface area contributed by atoms with Crippen LogP contribution in [-0.2, 0) is 4.79 Å². The fourth-order valence-corrected chi connectivity index (χ4v) is 2.47. The van der Waals surface area contributed by atoms with Crippen LogP contribution >= 0.6 is 12.4 Å². The summed E-state index contributed by atoms with van der Waals surface area (Å²) in [7, 11) is 0. The number of rotatable bonds is 5. The Kier molecular flexibility index (Phi) is 6.69. The Morgan fingerprint density at radius 2 is 1.62 bits per heavy atom. The molecule has 0 saturated carbocycles. The zero-order valence-electron chi connectivity index (χ0n) is 13.3. The number of nitrogens with one attached hydrogen (secondary N) is 2. The molecule has 1 aliphatic heterocycles. The maximum atomic E-state index is 12.1. The molecule has 118 valence electrons. The first-order chi connectivity index (χ1) is 9.49. The first-order valence-corrected chi connectivity index (χ1v) is 7.60. The van der Waals surface area contributed by atoms with E-state index in [1.807, 2.05) is 0 Å². The second-order valence-electron chi connectivity index (χ2n) is 6.41. The summed E-state index contributed by atoms with van der Waals surface area (Å²) < 4.78 is 0. The fraction of sp³-hybridized carbons (Fsp3) is 0.588. The lowest BCUT2D eigenvalue weighted by Gasteiger charge is -2.30. The van der Waals surface area contributed by atoms with Crippen molar-refractivity contribution in [3.63, 3.8) is 0 Å². The van der Waals surface area contributed by atoms with Gasteiger partial charge in [0.15, 0.2) is 0 Å². The van der Waals surface area contributed by atoms with Crippen LogP contribution in [0.2, 0.25) is 0 Å². The van der Waals surface area contributed by atoms with E-state index in [1.54, 1.807) is 0 Å². The zero-order valence-corrected chi connectivity index (χ0v) is 14.2. The smallest absolute Gasteiger partial charge is 0.226 e. The van der Waals surface area contributed by atoms with Crippen LogP contribution in [0.3, 0.4) is 0 Å². The minimum atomic E-state index is 0. The monoisotopic (exact) mass is 310 g/mol. The molecule has 1 aliphatic rings. The third kappa shape index (κ3) is 4.45. The van der Waals surface area contributed by atoms with Crippen LogP contribution in [0.4, 0.5) is 0 Å². The van der Waals surface area contributed by atoms with Crippen LogP contribution in [0.15, 0.2) is 24.3 Å². The normalized spacial score (nSPS) is 16.3. The van der Waals surface area contributed by atoms with Gasteiger partial charge in [-0.2, -0.15) is 0 Å². The Bertz CT molecular complexity index is 452. The zero-order chi connectivity index (χ0) is 14.7. The molecule has 1 aromatic carbocycles. The predicted molar refractivity (Wildman–Crippen MR) is 89.9 cm³/mol. The fourth-order valence-electron chi connectivity index (χ4n) is 2.47. The minimum Gasteiger partial charge on any atom is -0.349 e. The standard InChI is InChI=1S/C17H26N2O.ClH/c1-11(2)13-5-7-14(8-6-13)16(12(3)4)19-17(20)15-9-18-10-15;/h5-8,11-12,15-16,18H,9-10H2,1-4H3,(H,19,20);1H. The molecule has 1 heterocycles. The molecule has 1 unspecified atom stereocenters. The van der Waals surface area contributed by atoms with E-state index < -0.39 is 0 Å². The first-order valence-electron chi connectivity index (χ1n) is 7.60. The van der Waals surface area contributed by atoms with Crippen molar-refractivity contribution in [3.8, 4) is 0 Å². The molecule has 2 rings (SSSR count). The summed E-state index contributed by atoms with van der Waals surface area (Å²) in [6.45, 7) is 10.3. The van der Waals surface area contributed by atoms with Crippen molar-refractivity contribution in [3.05, 3.63) is 35.4 Å². The number of hydrogen-bond donors (Lipinski definition) is 2. The Balaban J connectivity index is 0.00000220. The maximum absolute atomic E-state index is 12.1. The van der Waals surface area contributed by atoms with Gasteiger partial charge in [-0.3, -0.25) is 4.79 Å². The van der Waals surface area contributed by atoms with Gasteiger partial charge >= 0.3 is 0 Å². The van der Waals surface area contributed by atoms with Gasteiger partial charge in [-0.15, -0.1) is 12.4 Å². The molecule has 1 fully saturated rings. The van der Waals surface area contributed by atoms with E-state index in [0.29, 0.717) is 11.8 Å². The summed E-state index contributed by atoms with van der Waals surface area (Å²) in [5.74, 6) is 1.25. The molecular formula is C17H27ClN2O. The van der Waals surface area contributed by atoms with E-state index in [9.17, 15) is 4.79 Å². The second-order valence-corrected chi connectivity index (χ2v) is 6.41. The average Bonchev–Trinajstić information content (AvgIpc) is 2.33. The van der Waals surface area contributed by atoms with Gasteiger partial charge < -0.3 is 10.6 Å². The van der Waals surface area contributed by atoms with Crippen LogP contribution in [0.5, 0.6) is 0 Å². The summed E-state index contributed by atoms with van der Waals surface area (Å²) in [6, 6.07) is 8.75. The third-order valence-corrected chi connectivity index (χ3v) is 4.08. The van der Waals surface area contributed by atoms with Gasteiger partial charge in [0.25, 0.3) is 0 Å². The Labute approximate surface area is 134 Å². The lowest BCUT2D eigenvalue weighted by Crippen LogP contribution is -2.51. The van der Waals surface area contributed by atoms with E-state index in [1.165, 1.54) is 11.1 Å². The van der Waals surface area contributed by atoms with E-state index in [-0.39, 0.29) is 30.3 Å². The van der Waals surface area contributed by atoms with Crippen LogP contribution < -0.4 is 10.6 Å². The molecule has 1 aromatic rings. The van der Waals surface area contributed by atoms with E-state index >= 15 is 0 Å². The predicted octanol–water partition coefficient (Wildman–Crippen LogP) is 3.26. The van der Waals surface area contributed by atoms with Gasteiger partial charge in [0.05, 0.1) is 12.0 Å². The van der Waals surface area contributed by atoms with E-state index in [4.69, 9.17) is 0 Å². The Morgan fingerprint density at radius 1 is 1.10 bits per heavy atom. The molecular weight excluding hydrogens is 284 g/mol. The van der Waals surface area contributed by atoms with Gasteiger partial charge in [-0.05, 0) is 23.0 Å². The van der Waals surface area contributed by atoms with Crippen molar-refractivity contribution >= 4 is 18.3 Å². The van der Waals surface area contributed by atoms with Gasteiger partial charge in [0, 0.05) is 13.1 Å². The van der Waals surface area contributed by atoms with E-state index in [0.717, 1.165) is 13.1 Å². The van der Waals surface area contributed by atoms with Crippen molar-refractivity contribution in [2.24, 2.45) is 11.8 Å². The topological polar surface area (TPSA) is 41.1 Å². The Hall–Kier alpha value is -1.06. The number of benzene rings is 1. The van der Waals surface area contributed by atoms with Crippen molar-refractivity contribution in [2.75, 3.05) is 13.1 Å². The quantitative estimate of drug-likeness (QED) is 0.876. The molecule has 0 radical (unpaired) electrons. The Morgan fingerprint density at radius 3 is 2.00 bits per heavy atom. The number of carbonyl (C=O) groups is 1.